The third-order valence-corrected chi connectivity index (χ3v) is 3.40. The van der Waals surface area contributed by atoms with E-state index in [2.05, 4.69) is 49.5 Å². The molecule has 0 spiro atoms. The lowest BCUT2D eigenvalue weighted by Crippen LogP contribution is -2.36. The summed E-state index contributed by atoms with van der Waals surface area (Å²) in [5.74, 6) is 0. The molecule has 2 unspecified atom stereocenters. The largest absolute Gasteiger partial charge is 0.330 e. The van der Waals surface area contributed by atoms with Crippen molar-refractivity contribution in [2.75, 3.05) is 6.54 Å². The van der Waals surface area contributed by atoms with Crippen molar-refractivity contribution < 1.29 is 0 Å². The number of nitrogens with zero attached hydrogens (tertiary/aromatic N) is 2. The van der Waals surface area contributed by atoms with Gasteiger partial charge in [-0.2, -0.15) is 0 Å². The Kier molecular flexibility index (Phi) is 5.00. The smallest absolute Gasteiger partial charge is 0.0954 e. The number of aryl methyl sites for hydroxylation is 1. The fourth-order valence-electron chi connectivity index (χ4n) is 2.11. The maximum atomic E-state index is 4.37. The van der Waals surface area contributed by atoms with Crippen LogP contribution in [0, 0.1) is 13.8 Å². The number of hydrogen-bond acceptors (Lipinski definition) is 2. The molecule has 16 heavy (non-hydrogen) atoms. The molecule has 0 aromatic carbocycles. The van der Waals surface area contributed by atoms with Crippen LogP contribution >= 0.6 is 0 Å². The van der Waals surface area contributed by atoms with Gasteiger partial charge < -0.3 is 9.88 Å². The van der Waals surface area contributed by atoms with E-state index in [1.807, 2.05) is 6.33 Å². The summed E-state index contributed by atoms with van der Waals surface area (Å²) in [6.45, 7) is 12.0. The highest BCUT2D eigenvalue weighted by Gasteiger charge is 2.18. The van der Waals surface area contributed by atoms with E-state index in [4.69, 9.17) is 0 Å². The van der Waals surface area contributed by atoms with E-state index in [1.54, 1.807) is 0 Å². The zero-order valence-corrected chi connectivity index (χ0v) is 11.2. The van der Waals surface area contributed by atoms with Crippen LogP contribution in [-0.2, 0) is 0 Å². The Labute approximate surface area is 99.3 Å². The Hall–Kier alpha value is -0.830. The van der Waals surface area contributed by atoms with Gasteiger partial charge in [-0.3, -0.25) is 0 Å². The van der Waals surface area contributed by atoms with E-state index in [0.717, 1.165) is 18.7 Å². The molecule has 3 heteroatoms. The minimum absolute atomic E-state index is 0.470. The van der Waals surface area contributed by atoms with Crippen molar-refractivity contribution in [3.05, 3.63) is 17.7 Å². The predicted octanol–water partition coefficient (Wildman–Crippen LogP) is 2.84. The molecule has 1 aromatic heterocycles. The third-order valence-electron chi connectivity index (χ3n) is 3.40. The average Bonchev–Trinajstić information content (AvgIpc) is 2.60. The van der Waals surface area contributed by atoms with Gasteiger partial charge in [0.05, 0.1) is 12.0 Å². The van der Waals surface area contributed by atoms with Crippen molar-refractivity contribution in [3.63, 3.8) is 0 Å². The summed E-state index contributed by atoms with van der Waals surface area (Å²) in [4.78, 5) is 4.37. The van der Waals surface area contributed by atoms with Crippen molar-refractivity contribution in [2.24, 2.45) is 0 Å². The summed E-state index contributed by atoms with van der Waals surface area (Å²) in [6.07, 6.45) is 4.30. The lowest BCUT2D eigenvalue weighted by Gasteiger charge is -2.26. The molecule has 0 bridgehead atoms. The standard InChI is InChI=1S/C13H25N3/c1-6-8-14-13(7-2)12(5)16-9-15-10(3)11(16)4/h9,12-14H,6-8H2,1-5H3. The minimum Gasteiger partial charge on any atom is -0.330 e. The molecule has 92 valence electrons. The van der Waals surface area contributed by atoms with Gasteiger partial charge in [-0.05, 0) is 40.2 Å². The van der Waals surface area contributed by atoms with Crippen LogP contribution in [-0.4, -0.2) is 22.1 Å². The second-order valence-electron chi connectivity index (χ2n) is 4.53. The molecular formula is C13H25N3. The fourth-order valence-corrected chi connectivity index (χ4v) is 2.11. The highest BCUT2D eigenvalue weighted by molar-refractivity contribution is 5.10. The topological polar surface area (TPSA) is 29.9 Å². The maximum Gasteiger partial charge on any atom is 0.0954 e. The van der Waals surface area contributed by atoms with Gasteiger partial charge in [0.2, 0.25) is 0 Å². The Balaban J connectivity index is 2.74. The van der Waals surface area contributed by atoms with Crippen molar-refractivity contribution in [1.82, 2.24) is 14.9 Å². The number of aromatic nitrogens is 2. The summed E-state index contributed by atoms with van der Waals surface area (Å²) in [6, 6.07) is 1.00. The van der Waals surface area contributed by atoms with Gasteiger partial charge in [0.15, 0.2) is 0 Å². The highest BCUT2D eigenvalue weighted by Crippen LogP contribution is 2.18. The number of nitrogens with one attached hydrogen (secondary N) is 1. The summed E-state index contributed by atoms with van der Waals surface area (Å²) in [5.41, 5.74) is 2.42. The molecule has 0 aliphatic carbocycles. The Morgan fingerprint density at radius 1 is 1.38 bits per heavy atom. The molecule has 0 saturated heterocycles. The second kappa shape index (κ2) is 6.04. The summed E-state index contributed by atoms with van der Waals surface area (Å²) in [5, 5.41) is 3.61. The zero-order chi connectivity index (χ0) is 12.1. The van der Waals surface area contributed by atoms with Crippen LogP contribution in [0.1, 0.15) is 51.0 Å². The molecule has 2 atom stereocenters. The van der Waals surface area contributed by atoms with Gasteiger partial charge in [0.1, 0.15) is 0 Å². The van der Waals surface area contributed by atoms with Crippen molar-refractivity contribution in [1.29, 1.82) is 0 Å². The summed E-state index contributed by atoms with van der Waals surface area (Å²) >= 11 is 0. The first kappa shape index (κ1) is 13.2. The average molecular weight is 223 g/mol. The number of rotatable bonds is 6. The molecule has 1 aromatic rings. The summed E-state index contributed by atoms with van der Waals surface area (Å²) in [7, 11) is 0. The van der Waals surface area contributed by atoms with Crippen LogP contribution in [0.2, 0.25) is 0 Å². The predicted molar refractivity (Wildman–Crippen MR) is 68.8 cm³/mol. The molecule has 0 aliphatic heterocycles. The molecule has 1 N–H and O–H groups in total. The van der Waals surface area contributed by atoms with E-state index < -0.39 is 0 Å². The molecule has 0 fully saturated rings. The van der Waals surface area contributed by atoms with E-state index >= 15 is 0 Å². The van der Waals surface area contributed by atoms with Crippen LogP contribution in [0.3, 0.4) is 0 Å². The molecule has 1 rings (SSSR count). The van der Waals surface area contributed by atoms with Gasteiger partial charge in [0.25, 0.3) is 0 Å². The van der Waals surface area contributed by atoms with Gasteiger partial charge in [-0.15, -0.1) is 0 Å². The molecule has 1 heterocycles. The normalized spacial score (nSPS) is 15.1. The Morgan fingerprint density at radius 2 is 2.06 bits per heavy atom. The lowest BCUT2D eigenvalue weighted by molar-refractivity contribution is 0.357. The van der Waals surface area contributed by atoms with Gasteiger partial charge in [-0.1, -0.05) is 13.8 Å². The number of hydrogen-bond donors (Lipinski definition) is 1. The first-order valence-electron chi connectivity index (χ1n) is 6.35. The first-order valence-corrected chi connectivity index (χ1v) is 6.35. The van der Waals surface area contributed by atoms with Crippen molar-refractivity contribution in [2.45, 2.75) is 59.5 Å². The molecule has 0 aliphatic rings. The van der Waals surface area contributed by atoms with Crippen LogP contribution in [0.4, 0.5) is 0 Å². The second-order valence-corrected chi connectivity index (χ2v) is 4.53. The van der Waals surface area contributed by atoms with E-state index in [-0.39, 0.29) is 0 Å². The van der Waals surface area contributed by atoms with Crippen molar-refractivity contribution in [3.8, 4) is 0 Å². The van der Waals surface area contributed by atoms with Gasteiger partial charge >= 0.3 is 0 Å². The quantitative estimate of drug-likeness (QED) is 0.803. The van der Waals surface area contributed by atoms with Crippen LogP contribution in [0.15, 0.2) is 6.33 Å². The minimum atomic E-state index is 0.470. The molecule has 0 amide bonds. The highest BCUT2D eigenvalue weighted by atomic mass is 15.1. The van der Waals surface area contributed by atoms with Gasteiger partial charge in [0, 0.05) is 17.8 Å². The summed E-state index contributed by atoms with van der Waals surface area (Å²) < 4.78 is 2.28. The lowest BCUT2D eigenvalue weighted by atomic mass is 10.1. The van der Waals surface area contributed by atoms with Crippen molar-refractivity contribution >= 4 is 0 Å². The molecular weight excluding hydrogens is 198 g/mol. The van der Waals surface area contributed by atoms with Crippen LogP contribution < -0.4 is 5.32 Å². The van der Waals surface area contributed by atoms with Crippen LogP contribution in [0.5, 0.6) is 0 Å². The molecule has 3 nitrogen and oxygen atoms in total. The fraction of sp³-hybridized carbons (Fsp3) is 0.769. The maximum absolute atomic E-state index is 4.37. The zero-order valence-electron chi connectivity index (χ0n) is 11.2. The SMILES string of the molecule is CCCNC(CC)C(C)n1cnc(C)c1C. The van der Waals surface area contributed by atoms with E-state index in [1.165, 1.54) is 12.1 Å². The molecule has 0 radical (unpaired) electrons. The van der Waals surface area contributed by atoms with E-state index in [9.17, 15) is 0 Å². The monoisotopic (exact) mass is 223 g/mol. The Bertz CT molecular complexity index is 317. The first-order chi connectivity index (χ1) is 7.61. The number of imidazole rings is 1. The Morgan fingerprint density at radius 3 is 2.50 bits per heavy atom. The third kappa shape index (κ3) is 2.85. The van der Waals surface area contributed by atoms with Gasteiger partial charge in [-0.25, -0.2) is 4.98 Å². The molecule has 0 saturated carbocycles. The van der Waals surface area contributed by atoms with Crippen LogP contribution in [0.25, 0.3) is 0 Å². The van der Waals surface area contributed by atoms with E-state index in [0.29, 0.717) is 12.1 Å².